The highest BCUT2D eigenvalue weighted by molar-refractivity contribution is 6.30. The number of esters is 1. The van der Waals surface area contributed by atoms with E-state index in [0.29, 0.717) is 16.4 Å². The molecule has 0 saturated carbocycles. The zero-order valence-corrected chi connectivity index (χ0v) is 12.0. The average Bonchev–Trinajstić information content (AvgIpc) is 3.03. The Bertz CT molecular complexity index is 772. The number of rotatable bonds is 4. The van der Waals surface area contributed by atoms with Crippen molar-refractivity contribution in [1.82, 2.24) is 15.1 Å². The second kappa shape index (κ2) is 6.36. The van der Waals surface area contributed by atoms with Crippen molar-refractivity contribution in [2.45, 2.75) is 6.61 Å². The molecule has 0 radical (unpaired) electrons. The third-order valence-electron chi connectivity index (χ3n) is 2.79. The van der Waals surface area contributed by atoms with Crippen LogP contribution in [-0.2, 0) is 11.3 Å². The second-order valence-electron chi connectivity index (χ2n) is 4.34. The molecule has 0 atom stereocenters. The number of carbonyl (C=O) groups excluding carboxylic acids is 1. The molecule has 110 valence electrons. The molecule has 0 aliphatic heterocycles. The summed E-state index contributed by atoms with van der Waals surface area (Å²) in [6.07, 6.45) is 3.00. The summed E-state index contributed by atoms with van der Waals surface area (Å²) in [5.41, 5.74) is 1.12. The molecule has 0 bridgehead atoms. The highest BCUT2D eigenvalue weighted by Gasteiger charge is 2.12. The molecule has 2 aromatic heterocycles. The normalized spacial score (nSPS) is 10.4. The fraction of sp³-hybridized carbons (Fsp3) is 0.0667. The Kier molecular flexibility index (Phi) is 4.11. The summed E-state index contributed by atoms with van der Waals surface area (Å²) in [7, 11) is 0. The van der Waals surface area contributed by atoms with Crippen molar-refractivity contribution in [3.63, 3.8) is 0 Å². The van der Waals surface area contributed by atoms with E-state index >= 15 is 0 Å². The predicted molar refractivity (Wildman–Crippen MR) is 78.1 cm³/mol. The van der Waals surface area contributed by atoms with Crippen LogP contribution in [0.25, 0.3) is 11.4 Å². The molecule has 22 heavy (non-hydrogen) atoms. The Hall–Kier alpha value is -2.73. The van der Waals surface area contributed by atoms with Gasteiger partial charge in [0.15, 0.2) is 6.61 Å². The number of hydrogen-bond donors (Lipinski definition) is 0. The Morgan fingerprint density at radius 2 is 2.05 bits per heavy atom. The zero-order chi connectivity index (χ0) is 15.4. The summed E-state index contributed by atoms with van der Waals surface area (Å²) in [4.78, 5) is 19.8. The lowest BCUT2D eigenvalue weighted by Gasteiger charge is -2.00. The standard InChI is InChI=1S/C15H10ClN3O3/c16-12-5-3-10(4-6-12)14-18-13(22-19-14)9-21-15(20)11-2-1-7-17-8-11/h1-8H,9H2. The number of pyridine rings is 1. The zero-order valence-electron chi connectivity index (χ0n) is 11.3. The molecule has 0 amide bonds. The van der Waals surface area contributed by atoms with Gasteiger partial charge in [0.25, 0.3) is 5.89 Å². The fourth-order valence-electron chi connectivity index (χ4n) is 1.72. The van der Waals surface area contributed by atoms with Crippen molar-refractivity contribution in [2.24, 2.45) is 0 Å². The maximum atomic E-state index is 11.8. The number of benzene rings is 1. The molecule has 0 saturated heterocycles. The Morgan fingerprint density at radius 3 is 2.77 bits per heavy atom. The van der Waals surface area contributed by atoms with E-state index in [0.717, 1.165) is 5.56 Å². The quantitative estimate of drug-likeness (QED) is 0.688. The first kappa shape index (κ1) is 14.2. The van der Waals surface area contributed by atoms with Crippen LogP contribution in [0.5, 0.6) is 0 Å². The molecule has 3 rings (SSSR count). The van der Waals surface area contributed by atoms with Gasteiger partial charge in [0.2, 0.25) is 5.82 Å². The molecule has 1 aromatic carbocycles. The summed E-state index contributed by atoms with van der Waals surface area (Å²) in [5, 5.41) is 4.46. The van der Waals surface area contributed by atoms with Crippen LogP contribution in [0.1, 0.15) is 16.2 Å². The number of aromatic nitrogens is 3. The molecule has 3 aromatic rings. The molecule has 7 heteroatoms. The van der Waals surface area contributed by atoms with E-state index in [2.05, 4.69) is 15.1 Å². The largest absolute Gasteiger partial charge is 0.452 e. The molecule has 0 unspecified atom stereocenters. The van der Waals surface area contributed by atoms with Crippen molar-refractivity contribution in [3.8, 4) is 11.4 Å². The van der Waals surface area contributed by atoms with Crippen molar-refractivity contribution >= 4 is 17.6 Å². The smallest absolute Gasteiger partial charge is 0.340 e. The van der Waals surface area contributed by atoms with Crippen molar-refractivity contribution < 1.29 is 14.1 Å². The molecule has 0 N–H and O–H groups in total. The van der Waals surface area contributed by atoms with E-state index in [1.165, 1.54) is 6.20 Å². The lowest BCUT2D eigenvalue weighted by Crippen LogP contribution is -2.05. The van der Waals surface area contributed by atoms with Crippen LogP contribution in [-0.4, -0.2) is 21.1 Å². The van der Waals surface area contributed by atoms with E-state index in [4.69, 9.17) is 20.9 Å². The molecule has 2 heterocycles. The van der Waals surface area contributed by atoms with Crippen molar-refractivity contribution in [1.29, 1.82) is 0 Å². The first-order valence-corrected chi connectivity index (χ1v) is 6.76. The van der Waals surface area contributed by atoms with Gasteiger partial charge in [-0.05, 0) is 36.4 Å². The molecule has 0 aliphatic rings. The summed E-state index contributed by atoms with van der Waals surface area (Å²) >= 11 is 5.82. The van der Waals surface area contributed by atoms with Gasteiger partial charge in [-0.1, -0.05) is 16.8 Å². The Morgan fingerprint density at radius 1 is 1.23 bits per heavy atom. The molecular formula is C15H10ClN3O3. The van der Waals surface area contributed by atoms with Gasteiger partial charge in [0, 0.05) is 23.0 Å². The summed E-state index contributed by atoms with van der Waals surface area (Å²) in [6.45, 7) is -0.103. The first-order chi connectivity index (χ1) is 10.7. The van der Waals surface area contributed by atoms with E-state index in [1.807, 2.05) is 0 Å². The lowest BCUT2D eigenvalue weighted by molar-refractivity contribution is 0.0429. The first-order valence-electron chi connectivity index (χ1n) is 6.38. The topological polar surface area (TPSA) is 78.1 Å². The molecule has 0 aliphatic carbocycles. The number of carbonyl (C=O) groups is 1. The van der Waals surface area contributed by atoms with E-state index in [9.17, 15) is 4.79 Å². The predicted octanol–water partition coefficient (Wildman–Crippen LogP) is 3.14. The molecule has 0 spiro atoms. The average molecular weight is 316 g/mol. The van der Waals surface area contributed by atoms with Gasteiger partial charge in [-0.25, -0.2) is 4.79 Å². The van der Waals surface area contributed by atoms with Crippen LogP contribution < -0.4 is 0 Å². The lowest BCUT2D eigenvalue weighted by atomic mass is 10.2. The number of nitrogens with zero attached hydrogens (tertiary/aromatic N) is 3. The monoisotopic (exact) mass is 315 g/mol. The van der Waals surface area contributed by atoms with Crippen molar-refractivity contribution in [3.05, 3.63) is 65.3 Å². The Labute approximate surface area is 130 Å². The molecule has 0 fully saturated rings. The maximum absolute atomic E-state index is 11.8. The van der Waals surface area contributed by atoms with Crippen LogP contribution in [0.15, 0.2) is 53.3 Å². The van der Waals surface area contributed by atoms with Crippen LogP contribution >= 0.6 is 11.6 Å². The fourth-order valence-corrected chi connectivity index (χ4v) is 1.85. The van der Waals surface area contributed by atoms with Gasteiger partial charge in [-0.2, -0.15) is 4.98 Å². The third-order valence-corrected chi connectivity index (χ3v) is 3.05. The number of hydrogen-bond acceptors (Lipinski definition) is 6. The van der Waals surface area contributed by atoms with Gasteiger partial charge in [0.05, 0.1) is 5.56 Å². The van der Waals surface area contributed by atoms with Gasteiger partial charge >= 0.3 is 5.97 Å². The van der Waals surface area contributed by atoms with E-state index in [-0.39, 0.29) is 12.5 Å². The summed E-state index contributed by atoms with van der Waals surface area (Å²) < 4.78 is 10.1. The van der Waals surface area contributed by atoms with E-state index < -0.39 is 5.97 Å². The minimum Gasteiger partial charge on any atom is -0.452 e. The van der Waals surface area contributed by atoms with Gasteiger partial charge in [-0.15, -0.1) is 0 Å². The van der Waals surface area contributed by atoms with E-state index in [1.54, 1.807) is 42.6 Å². The maximum Gasteiger partial charge on any atom is 0.340 e. The summed E-state index contributed by atoms with van der Waals surface area (Å²) in [6, 6.07) is 10.3. The van der Waals surface area contributed by atoms with Crippen LogP contribution in [0.4, 0.5) is 0 Å². The van der Waals surface area contributed by atoms with Crippen molar-refractivity contribution in [2.75, 3.05) is 0 Å². The van der Waals surface area contributed by atoms with Crippen LogP contribution in [0, 0.1) is 0 Å². The van der Waals surface area contributed by atoms with Gasteiger partial charge in [0.1, 0.15) is 0 Å². The Balaban J connectivity index is 1.65. The minimum absolute atomic E-state index is 0.103. The van der Waals surface area contributed by atoms with Crippen LogP contribution in [0.2, 0.25) is 5.02 Å². The molecule has 6 nitrogen and oxygen atoms in total. The molecular weight excluding hydrogens is 306 g/mol. The second-order valence-corrected chi connectivity index (χ2v) is 4.77. The summed E-state index contributed by atoms with van der Waals surface area (Å²) in [5.74, 6) is 0.116. The SMILES string of the molecule is O=C(OCc1nc(-c2ccc(Cl)cc2)no1)c1cccnc1. The van der Waals surface area contributed by atoms with Gasteiger partial charge in [-0.3, -0.25) is 4.98 Å². The van der Waals surface area contributed by atoms with Crippen LogP contribution in [0.3, 0.4) is 0 Å². The highest BCUT2D eigenvalue weighted by atomic mass is 35.5. The minimum atomic E-state index is -0.501. The number of ether oxygens (including phenoxy) is 1. The number of halogens is 1. The van der Waals surface area contributed by atoms with Gasteiger partial charge < -0.3 is 9.26 Å². The third kappa shape index (κ3) is 3.29. The highest BCUT2D eigenvalue weighted by Crippen LogP contribution is 2.18.